The SMILES string of the molecule is CCCCCCN(CCCCCC)c1ccc(N)c(Br)c1. The second kappa shape index (κ2) is 10.9. The molecule has 0 aliphatic carbocycles. The van der Waals surface area contributed by atoms with E-state index in [1.807, 2.05) is 6.07 Å². The fourth-order valence-electron chi connectivity index (χ4n) is 2.54. The second-order valence-electron chi connectivity index (χ2n) is 5.81. The first kappa shape index (κ1) is 18.3. The molecule has 0 saturated carbocycles. The molecule has 0 atom stereocenters. The Kier molecular flexibility index (Phi) is 9.56. The Morgan fingerprint density at radius 1 is 0.905 bits per heavy atom. The highest BCUT2D eigenvalue weighted by Gasteiger charge is 2.08. The van der Waals surface area contributed by atoms with E-state index >= 15 is 0 Å². The lowest BCUT2D eigenvalue weighted by Crippen LogP contribution is -2.25. The number of hydrogen-bond acceptors (Lipinski definition) is 2. The van der Waals surface area contributed by atoms with Gasteiger partial charge in [-0.25, -0.2) is 0 Å². The molecule has 0 aliphatic heterocycles. The van der Waals surface area contributed by atoms with Gasteiger partial charge < -0.3 is 10.6 Å². The van der Waals surface area contributed by atoms with Gasteiger partial charge in [-0.3, -0.25) is 0 Å². The molecule has 1 aromatic rings. The predicted octanol–water partition coefficient (Wildman–Crippen LogP) is 6.00. The van der Waals surface area contributed by atoms with Crippen molar-refractivity contribution in [2.45, 2.75) is 65.2 Å². The van der Waals surface area contributed by atoms with Gasteiger partial charge >= 0.3 is 0 Å². The van der Waals surface area contributed by atoms with Crippen LogP contribution in [0.5, 0.6) is 0 Å². The smallest absolute Gasteiger partial charge is 0.0460 e. The van der Waals surface area contributed by atoms with Crippen molar-refractivity contribution >= 4 is 27.3 Å². The monoisotopic (exact) mass is 354 g/mol. The van der Waals surface area contributed by atoms with E-state index in [1.165, 1.54) is 57.1 Å². The third-order valence-electron chi connectivity index (χ3n) is 3.91. The number of nitrogen functional groups attached to an aromatic ring is 1. The van der Waals surface area contributed by atoms with Crippen LogP contribution in [0.2, 0.25) is 0 Å². The predicted molar refractivity (Wildman–Crippen MR) is 99.1 cm³/mol. The van der Waals surface area contributed by atoms with E-state index in [-0.39, 0.29) is 0 Å². The topological polar surface area (TPSA) is 29.3 Å². The number of hydrogen-bond donors (Lipinski definition) is 1. The molecule has 21 heavy (non-hydrogen) atoms. The van der Waals surface area contributed by atoms with E-state index in [2.05, 4.69) is 46.8 Å². The first-order valence-corrected chi connectivity index (χ1v) is 9.28. The first-order valence-electron chi connectivity index (χ1n) is 8.49. The lowest BCUT2D eigenvalue weighted by molar-refractivity contribution is 0.609. The van der Waals surface area contributed by atoms with Crippen molar-refractivity contribution < 1.29 is 0 Å². The first-order chi connectivity index (χ1) is 10.2. The van der Waals surface area contributed by atoms with Crippen molar-refractivity contribution in [3.63, 3.8) is 0 Å². The van der Waals surface area contributed by atoms with Gasteiger partial charge in [-0.15, -0.1) is 0 Å². The lowest BCUT2D eigenvalue weighted by atomic mass is 10.1. The van der Waals surface area contributed by atoms with Gasteiger partial charge in [-0.2, -0.15) is 0 Å². The molecule has 0 aromatic heterocycles. The number of unbranched alkanes of at least 4 members (excludes halogenated alkanes) is 6. The molecule has 0 fully saturated rings. The summed E-state index contributed by atoms with van der Waals surface area (Å²) in [7, 11) is 0. The Bertz CT molecular complexity index is 381. The third-order valence-corrected chi connectivity index (χ3v) is 4.60. The maximum absolute atomic E-state index is 5.90. The van der Waals surface area contributed by atoms with Crippen LogP contribution in [0, 0.1) is 0 Å². The molecule has 120 valence electrons. The second-order valence-corrected chi connectivity index (χ2v) is 6.67. The van der Waals surface area contributed by atoms with Crippen LogP contribution in [0.15, 0.2) is 22.7 Å². The number of benzene rings is 1. The zero-order valence-corrected chi connectivity index (χ0v) is 15.3. The highest BCUT2D eigenvalue weighted by Crippen LogP contribution is 2.26. The molecule has 0 saturated heterocycles. The minimum atomic E-state index is 0.815. The standard InChI is InChI=1S/C18H31BrN2/c1-3-5-7-9-13-21(14-10-8-6-4-2)16-11-12-18(20)17(19)15-16/h11-12,15H,3-10,13-14,20H2,1-2H3. The molecule has 0 heterocycles. The van der Waals surface area contributed by atoms with E-state index in [0.717, 1.165) is 23.2 Å². The Balaban J connectivity index is 2.58. The van der Waals surface area contributed by atoms with E-state index < -0.39 is 0 Å². The summed E-state index contributed by atoms with van der Waals surface area (Å²) >= 11 is 3.55. The maximum Gasteiger partial charge on any atom is 0.0460 e. The van der Waals surface area contributed by atoms with Gasteiger partial charge in [0, 0.05) is 28.9 Å². The number of nitrogens with zero attached hydrogens (tertiary/aromatic N) is 1. The molecule has 0 amide bonds. The Morgan fingerprint density at radius 3 is 1.95 bits per heavy atom. The third kappa shape index (κ3) is 7.21. The summed E-state index contributed by atoms with van der Waals surface area (Å²) in [5.41, 5.74) is 8.01. The van der Waals surface area contributed by atoms with Crippen molar-refractivity contribution in [2.24, 2.45) is 0 Å². The largest absolute Gasteiger partial charge is 0.398 e. The molecular weight excluding hydrogens is 324 g/mol. The van der Waals surface area contributed by atoms with Crippen molar-refractivity contribution in [2.75, 3.05) is 23.7 Å². The molecule has 0 bridgehead atoms. The molecule has 3 heteroatoms. The summed E-state index contributed by atoms with van der Waals surface area (Å²) < 4.78 is 1.01. The van der Waals surface area contributed by atoms with Crippen molar-refractivity contribution in [3.8, 4) is 0 Å². The van der Waals surface area contributed by atoms with Gasteiger partial charge in [0.05, 0.1) is 0 Å². The van der Waals surface area contributed by atoms with Gasteiger partial charge in [0.2, 0.25) is 0 Å². The quantitative estimate of drug-likeness (QED) is 0.390. The molecule has 2 N–H and O–H groups in total. The van der Waals surface area contributed by atoms with Gasteiger partial charge in [0.15, 0.2) is 0 Å². The van der Waals surface area contributed by atoms with Crippen LogP contribution < -0.4 is 10.6 Å². The maximum atomic E-state index is 5.90. The van der Waals surface area contributed by atoms with E-state index in [9.17, 15) is 0 Å². The van der Waals surface area contributed by atoms with Crippen LogP contribution in [-0.2, 0) is 0 Å². The molecule has 1 aromatic carbocycles. The number of nitrogens with two attached hydrogens (primary N) is 1. The van der Waals surface area contributed by atoms with Gasteiger partial charge in [0.1, 0.15) is 0 Å². The van der Waals surface area contributed by atoms with Crippen LogP contribution in [-0.4, -0.2) is 13.1 Å². The average Bonchev–Trinajstić information content (AvgIpc) is 2.48. The summed E-state index contributed by atoms with van der Waals surface area (Å²) in [6, 6.07) is 6.32. The molecule has 0 spiro atoms. The van der Waals surface area contributed by atoms with Crippen LogP contribution in [0.1, 0.15) is 65.2 Å². The molecule has 0 radical (unpaired) electrons. The van der Waals surface area contributed by atoms with Gasteiger partial charge in [-0.05, 0) is 47.0 Å². The molecule has 0 aliphatic rings. The van der Waals surface area contributed by atoms with Gasteiger partial charge in [-0.1, -0.05) is 52.4 Å². The van der Waals surface area contributed by atoms with E-state index in [0.29, 0.717) is 0 Å². The minimum Gasteiger partial charge on any atom is -0.398 e. The fourth-order valence-corrected chi connectivity index (χ4v) is 2.91. The zero-order chi connectivity index (χ0) is 15.5. The summed E-state index contributed by atoms with van der Waals surface area (Å²) in [6.45, 7) is 6.84. The highest BCUT2D eigenvalue weighted by molar-refractivity contribution is 9.10. The fraction of sp³-hybridized carbons (Fsp3) is 0.667. The average molecular weight is 355 g/mol. The molecule has 0 unspecified atom stereocenters. The Labute approximate surface area is 139 Å². The van der Waals surface area contributed by atoms with Crippen LogP contribution in [0.25, 0.3) is 0 Å². The van der Waals surface area contributed by atoms with E-state index in [4.69, 9.17) is 5.73 Å². The molecule has 2 nitrogen and oxygen atoms in total. The van der Waals surface area contributed by atoms with E-state index in [1.54, 1.807) is 0 Å². The number of anilines is 2. The number of halogens is 1. The van der Waals surface area contributed by atoms with Gasteiger partial charge in [0.25, 0.3) is 0 Å². The van der Waals surface area contributed by atoms with Crippen molar-refractivity contribution in [1.29, 1.82) is 0 Å². The summed E-state index contributed by atoms with van der Waals surface area (Å²) in [5, 5.41) is 0. The summed E-state index contributed by atoms with van der Waals surface area (Å²) in [4.78, 5) is 2.52. The van der Waals surface area contributed by atoms with Crippen LogP contribution >= 0.6 is 15.9 Å². The highest BCUT2D eigenvalue weighted by atomic mass is 79.9. The lowest BCUT2D eigenvalue weighted by Gasteiger charge is -2.25. The Hall–Kier alpha value is -0.700. The zero-order valence-electron chi connectivity index (χ0n) is 13.7. The normalized spacial score (nSPS) is 10.8. The summed E-state index contributed by atoms with van der Waals surface area (Å²) in [6.07, 6.45) is 10.5. The van der Waals surface area contributed by atoms with Crippen molar-refractivity contribution in [3.05, 3.63) is 22.7 Å². The van der Waals surface area contributed by atoms with Crippen LogP contribution in [0.4, 0.5) is 11.4 Å². The molecular formula is C18H31BrN2. The number of rotatable bonds is 11. The Morgan fingerprint density at radius 2 is 1.48 bits per heavy atom. The van der Waals surface area contributed by atoms with Crippen LogP contribution in [0.3, 0.4) is 0 Å². The summed E-state index contributed by atoms with van der Waals surface area (Å²) in [5.74, 6) is 0. The van der Waals surface area contributed by atoms with Crippen molar-refractivity contribution in [1.82, 2.24) is 0 Å². The molecule has 1 rings (SSSR count). The minimum absolute atomic E-state index is 0.815.